The molecule has 1 amide bonds. The van der Waals surface area contributed by atoms with E-state index >= 15 is 0 Å². The fraction of sp³-hybridized carbons (Fsp3) is 0.789. The van der Waals surface area contributed by atoms with Crippen LogP contribution in [-0.4, -0.2) is 97.7 Å². The first-order chi connectivity index (χ1) is 13.3. The predicted molar refractivity (Wildman–Crippen MR) is 122 cm³/mol. The number of carbonyl (C=O) groups is 2. The molecule has 32 heavy (non-hydrogen) atoms. The topological polar surface area (TPSA) is 217 Å². The van der Waals surface area contributed by atoms with Crippen molar-refractivity contribution in [3.63, 3.8) is 0 Å². The molecule has 3 saturated heterocycles. The highest BCUT2D eigenvalue weighted by Gasteiger charge is 2.60. The van der Waals surface area contributed by atoms with E-state index in [2.05, 4.69) is 10.6 Å². The van der Waals surface area contributed by atoms with Crippen LogP contribution in [0.2, 0.25) is 0 Å². The van der Waals surface area contributed by atoms with E-state index in [0.717, 1.165) is 30.8 Å². The number of amides is 1. The first-order valence-electron chi connectivity index (χ1n) is 10.1. The molecule has 0 aliphatic carbocycles. The molecule has 11 nitrogen and oxygen atoms in total. The Morgan fingerprint density at radius 1 is 1.22 bits per heavy atom. The molecule has 11 N–H and O–H groups in total. The Bertz CT molecular complexity index is 706. The molecule has 0 aromatic carbocycles. The molecule has 0 aromatic heterocycles. The first kappa shape index (κ1) is 31.0. The molecule has 188 valence electrons. The lowest BCUT2D eigenvalue weighted by Gasteiger charge is -2.46. The summed E-state index contributed by atoms with van der Waals surface area (Å²) >= 11 is 1.52. The molecule has 0 radical (unpaired) electrons. The number of aliphatic carboxylic acids is 1. The number of hydrogen-bond acceptors (Lipinski definition) is 7. The van der Waals surface area contributed by atoms with E-state index in [1.165, 1.54) is 16.7 Å². The Morgan fingerprint density at radius 2 is 1.88 bits per heavy atom. The summed E-state index contributed by atoms with van der Waals surface area (Å²) in [4.78, 5) is 26.4. The Morgan fingerprint density at radius 3 is 2.41 bits per heavy atom. The van der Waals surface area contributed by atoms with Gasteiger partial charge in [-0.25, -0.2) is 4.79 Å². The molecule has 0 bridgehead atoms. The van der Waals surface area contributed by atoms with Gasteiger partial charge in [0.05, 0.1) is 24.2 Å². The second kappa shape index (κ2) is 12.0. The summed E-state index contributed by atoms with van der Waals surface area (Å²) in [6, 6.07) is -0.265. The van der Waals surface area contributed by atoms with Crippen molar-refractivity contribution in [3.05, 3.63) is 10.6 Å². The van der Waals surface area contributed by atoms with Gasteiger partial charge in [0.25, 0.3) is 0 Å². The molecule has 8 atom stereocenters. The number of nitrogens with zero attached hydrogens (tertiary/aromatic N) is 1. The van der Waals surface area contributed by atoms with Crippen molar-refractivity contribution in [2.75, 3.05) is 19.6 Å². The molecule has 4 aliphatic rings. The number of rotatable bonds is 6. The fourth-order valence-corrected chi connectivity index (χ4v) is 6.73. The maximum Gasteiger partial charge on any atom is 0.353 e. The minimum atomic E-state index is -1.09. The van der Waals surface area contributed by atoms with Gasteiger partial charge in [0.2, 0.25) is 5.91 Å². The molecule has 0 spiro atoms. The minimum absolute atomic E-state index is 0. The van der Waals surface area contributed by atoms with Crippen molar-refractivity contribution < 1.29 is 41.3 Å². The van der Waals surface area contributed by atoms with Gasteiger partial charge in [-0.2, -0.15) is 0 Å². The molecule has 1 unspecified atom stereocenters. The van der Waals surface area contributed by atoms with Gasteiger partial charge in [0, 0.05) is 41.1 Å². The highest BCUT2D eigenvalue weighted by atomic mass is 35.5. The SMILES string of the molecule is C[C@@H](O)[C@H]1C(=O)N2C(C(=O)O)=C(S[C@@H]3CN[C@H]([C@H](O)C4CCNC4)C3)[C@H](C)[C@H]12.Cl.O.O.O. The first-order valence-corrected chi connectivity index (χ1v) is 11.0. The van der Waals surface area contributed by atoms with Crippen molar-refractivity contribution in [2.45, 2.75) is 56.2 Å². The molecule has 0 aromatic rings. The standard InChI is InChI=1S/C19H29N3O5S.ClH.3H2O/c1-8-14-13(9(2)23)18(25)22(14)15(19(26)27)17(8)28-11-5-12(21-7-11)16(24)10-3-4-20-6-10;;;;/h8-14,16,20-21,23-24H,3-7H2,1-2H3,(H,26,27);1H;3*1H2/t8-,9-,10?,11+,12+,13-,14-,16-;;;;/m1..../s1. The maximum absolute atomic E-state index is 12.4. The van der Waals surface area contributed by atoms with Crippen LogP contribution in [0.3, 0.4) is 0 Å². The van der Waals surface area contributed by atoms with Crippen LogP contribution < -0.4 is 10.6 Å². The number of thioether (sulfide) groups is 1. The van der Waals surface area contributed by atoms with E-state index in [1.54, 1.807) is 6.92 Å². The molecule has 4 heterocycles. The van der Waals surface area contributed by atoms with E-state index in [-0.39, 0.29) is 69.6 Å². The van der Waals surface area contributed by atoms with Crippen LogP contribution in [0, 0.1) is 17.8 Å². The van der Waals surface area contributed by atoms with Crippen LogP contribution in [0.25, 0.3) is 0 Å². The van der Waals surface area contributed by atoms with Crippen molar-refractivity contribution in [1.82, 2.24) is 15.5 Å². The third-order valence-electron chi connectivity index (χ3n) is 6.72. The normalized spacial score (nSPS) is 34.9. The second-order valence-electron chi connectivity index (χ2n) is 8.51. The number of aliphatic hydroxyl groups is 2. The Kier molecular flexibility index (Phi) is 11.6. The molecule has 4 rings (SSSR count). The van der Waals surface area contributed by atoms with Crippen molar-refractivity contribution in [1.29, 1.82) is 0 Å². The van der Waals surface area contributed by atoms with Gasteiger partial charge < -0.3 is 47.3 Å². The van der Waals surface area contributed by atoms with Crippen LogP contribution in [0.5, 0.6) is 0 Å². The van der Waals surface area contributed by atoms with Gasteiger partial charge in [-0.05, 0) is 26.3 Å². The Labute approximate surface area is 197 Å². The molecule has 4 aliphatic heterocycles. The molecular formula is C19H36ClN3O8S. The summed E-state index contributed by atoms with van der Waals surface area (Å²) in [5.41, 5.74) is 0.0772. The van der Waals surface area contributed by atoms with Crippen molar-refractivity contribution in [2.24, 2.45) is 17.8 Å². The van der Waals surface area contributed by atoms with E-state index in [4.69, 9.17) is 0 Å². The van der Waals surface area contributed by atoms with E-state index < -0.39 is 24.1 Å². The largest absolute Gasteiger partial charge is 0.477 e. The molecular weight excluding hydrogens is 466 g/mol. The number of carboxylic acid groups (broad SMARTS) is 1. The summed E-state index contributed by atoms with van der Waals surface area (Å²) in [5.74, 6) is -1.78. The average Bonchev–Trinajstić information content (AvgIpc) is 3.35. The number of β-lactam (4-membered cyclic amide) rings is 1. The van der Waals surface area contributed by atoms with Crippen molar-refractivity contribution >= 4 is 36.0 Å². The number of aliphatic hydroxyl groups excluding tert-OH is 2. The number of hydrogen-bond donors (Lipinski definition) is 5. The van der Waals surface area contributed by atoms with Gasteiger partial charge in [-0.15, -0.1) is 24.2 Å². The lowest BCUT2D eigenvalue weighted by atomic mass is 9.79. The van der Waals surface area contributed by atoms with Crippen LogP contribution in [0.4, 0.5) is 0 Å². The summed E-state index contributed by atoms with van der Waals surface area (Å²) < 4.78 is 0. The fourth-order valence-electron chi connectivity index (χ4n) is 5.24. The van der Waals surface area contributed by atoms with Gasteiger partial charge >= 0.3 is 5.97 Å². The highest BCUT2D eigenvalue weighted by Crippen LogP contribution is 2.51. The van der Waals surface area contributed by atoms with Gasteiger partial charge in [0.15, 0.2) is 0 Å². The zero-order valence-electron chi connectivity index (χ0n) is 18.1. The molecule has 0 saturated carbocycles. The minimum Gasteiger partial charge on any atom is -0.477 e. The van der Waals surface area contributed by atoms with Gasteiger partial charge in [0.1, 0.15) is 5.70 Å². The Balaban J connectivity index is 0.00000240. The van der Waals surface area contributed by atoms with Gasteiger partial charge in [-0.3, -0.25) is 4.79 Å². The summed E-state index contributed by atoms with van der Waals surface area (Å²) in [6.07, 6.45) is 0.547. The van der Waals surface area contributed by atoms with Crippen LogP contribution >= 0.6 is 24.2 Å². The van der Waals surface area contributed by atoms with Crippen LogP contribution in [0.1, 0.15) is 26.7 Å². The smallest absolute Gasteiger partial charge is 0.353 e. The number of fused-ring (bicyclic) bond motifs is 1. The van der Waals surface area contributed by atoms with E-state index in [0.29, 0.717) is 6.54 Å². The van der Waals surface area contributed by atoms with E-state index in [9.17, 15) is 24.9 Å². The zero-order chi connectivity index (χ0) is 20.2. The predicted octanol–water partition coefficient (Wildman–Crippen LogP) is -2.48. The third kappa shape index (κ3) is 5.08. The van der Waals surface area contributed by atoms with Gasteiger partial charge in [-0.1, -0.05) is 6.92 Å². The summed E-state index contributed by atoms with van der Waals surface area (Å²) in [6.45, 7) is 6.00. The number of carbonyl (C=O) groups excluding carboxylic acids is 1. The third-order valence-corrected chi connectivity index (χ3v) is 8.23. The highest BCUT2D eigenvalue weighted by molar-refractivity contribution is 8.03. The van der Waals surface area contributed by atoms with Crippen LogP contribution in [-0.2, 0) is 9.59 Å². The second-order valence-corrected chi connectivity index (χ2v) is 9.85. The maximum atomic E-state index is 12.4. The average molecular weight is 502 g/mol. The summed E-state index contributed by atoms with van der Waals surface area (Å²) in [7, 11) is 0. The quantitative estimate of drug-likeness (QED) is 0.245. The number of carboxylic acids is 1. The lowest BCUT2D eigenvalue weighted by molar-refractivity contribution is -0.163. The lowest BCUT2D eigenvalue weighted by Crippen LogP contribution is -2.63. The van der Waals surface area contributed by atoms with E-state index in [1.807, 2.05) is 6.92 Å². The monoisotopic (exact) mass is 501 g/mol. The Hall–Kier alpha value is -0.960. The molecule has 3 fully saturated rings. The zero-order valence-corrected chi connectivity index (χ0v) is 19.7. The van der Waals surface area contributed by atoms with Crippen LogP contribution in [0.15, 0.2) is 10.6 Å². The summed E-state index contributed by atoms with van der Waals surface area (Å²) in [5, 5.41) is 37.2. The van der Waals surface area contributed by atoms with Crippen molar-refractivity contribution in [3.8, 4) is 0 Å². The number of halogens is 1. The number of nitrogens with one attached hydrogen (secondary N) is 2. The molecule has 13 heteroatoms.